The molecule has 1 aromatic heterocycles. The Hall–Kier alpha value is -1.78. The van der Waals surface area contributed by atoms with Crippen molar-refractivity contribution in [1.29, 1.82) is 0 Å². The predicted octanol–water partition coefficient (Wildman–Crippen LogP) is 4.73. The van der Waals surface area contributed by atoms with Crippen LogP contribution in [0.3, 0.4) is 0 Å². The molecule has 1 aromatic rings. The molecule has 0 spiro atoms. The van der Waals surface area contributed by atoms with Gasteiger partial charge in [0.25, 0.3) is 0 Å². The van der Waals surface area contributed by atoms with Crippen molar-refractivity contribution in [3.05, 3.63) is 27.8 Å². The van der Waals surface area contributed by atoms with Crippen molar-refractivity contribution in [3.63, 3.8) is 0 Å². The average Bonchev–Trinajstić information content (AvgIpc) is 3.15. The molecule has 0 aliphatic heterocycles. The largest absolute Gasteiger partial charge is 0.367 e. The van der Waals surface area contributed by atoms with Gasteiger partial charge < -0.3 is 5.32 Å². The highest BCUT2D eigenvalue weighted by molar-refractivity contribution is 5.97. The first-order chi connectivity index (χ1) is 11.5. The molecule has 3 unspecified atom stereocenters. The number of nitrogens with one attached hydrogen (secondary N) is 1. The Bertz CT molecular complexity index is 698. The van der Waals surface area contributed by atoms with Crippen LogP contribution in [0.25, 0.3) is 0 Å². The summed E-state index contributed by atoms with van der Waals surface area (Å²) < 4.78 is 0. The zero-order chi connectivity index (χ0) is 16.9. The molecule has 2 fully saturated rings. The summed E-state index contributed by atoms with van der Waals surface area (Å²) in [4.78, 5) is 27.2. The number of hydrogen-bond acceptors (Lipinski definition) is 4. The van der Waals surface area contributed by atoms with Gasteiger partial charge in [-0.15, -0.1) is 4.91 Å². The van der Waals surface area contributed by atoms with Crippen LogP contribution in [-0.4, -0.2) is 16.9 Å². The number of carbonyl (C=O) groups excluding carboxylic acids is 1. The van der Waals surface area contributed by atoms with Gasteiger partial charge in [-0.1, -0.05) is 20.3 Å². The molecule has 3 aliphatic rings. The van der Waals surface area contributed by atoms with Crippen LogP contribution in [0.2, 0.25) is 0 Å². The molecule has 0 saturated heterocycles. The number of carbonyl (C=O) groups is 1. The second-order valence-electron chi connectivity index (χ2n) is 8.55. The summed E-state index contributed by atoms with van der Waals surface area (Å²) in [5.41, 5.74) is 3.06. The lowest BCUT2D eigenvalue weighted by atomic mass is 9.75. The topological polar surface area (TPSA) is 71.4 Å². The van der Waals surface area contributed by atoms with E-state index in [9.17, 15) is 9.70 Å². The molecule has 1 heterocycles. The summed E-state index contributed by atoms with van der Waals surface area (Å²) in [6.07, 6.45) is 9.76. The van der Waals surface area contributed by atoms with E-state index in [0.29, 0.717) is 28.9 Å². The third kappa shape index (κ3) is 2.54. The maximum atomic E-state index is 11.9. The van der Waals surface area contributed by atoms with E-state index in [0.717, 1.165) is 37.1 Å². The van der Waals surface area contributed by atoms with Gasteiger partial charge in [0.15, 0.2) is 0 Å². The molecule has 4 rings (SSSR count). The van der Waals surface area contributed by atoms with E-state index in [4.69, 9.17) is 0 Å². The van der Waals surface area contributed by atoms with Crippen molar-refractivity contribution >= 4 is 11.7 Å². The minimum absolute atomic E-state index is 0.370. The van der Waals surface area contributed by atoms with E-state index < -0.39 is 5.91 Å². The zero-order valence-corrected chi connectivity index (χ0v) is 14.5. The molecule has 0 aromatic carbocycles. The number of rotatable bonds is 3. The Morgan fingerprint density at radius 1 is 1.25 bits per heavy atom. The van der Waals surface area contributed by atoms with Crippen LogP contribution in [0, 0.1) is 10.3 Å². The number of nitrogens with zero attached hydrogens (tertiary/aromatic N) is 2. The minimum Gasteiger partial charge on any atom is -0.367 e. The summed E-state index contributed by atoms with van der Waals surface area (Å²) in [5.74, 6) is 1.16. The van der Waals surface area contributed by atoms with Crippen molar-refractivity contribution < 1.29 is 4.79 Å². The van der Waals surface area contributed by atoms with Crippen LogP contribution in [0.1, 0.15) is 92.1 Å². The SMILES string of the molecule is CC1(C)CCCC(Nc2ncc(C(=O)N=O)c3c2C2CCC3C2)C1. The molecule has 1 amide bonds. The fourth-order valence-corrected chi connectivity index (χ4v) is 5.25. The monoisotopic (exact) mass is 327 g/mol. The standard InChI is InChI=1S/C19H25N3O2/c1-19(2)7-3-4-13(9-19)21-17-16-12-6-5-11(8-12)15(16)14(10-20-17)18(23)22-24/h10-13H,3-9H2,1-2H3,(H,20,21). The molecule has 1 N–H and O–H groups in total. The highest BCUT2D eigenvalue weighted by atomic mass is 16.3. The van der Waals surface area contributed by atoms with Gasteiger partial charge in [0.1, 0.15) is 5.82 Å². The molecule has 24 heavy (non-hydrogen) atoms. The first kappa shape index (κ1) is 15.7. The molecular formula is C19H25N3O2. The van der Waals surface area contributed by atoms with Crippen LogP contribution >= 0.6 is 0 Å². The molecule has 0 radical (unpaired) electrons. The summed E-state index contributed by atoms with van der Waals surface area (Å²) in [7, 11) is 0. The van der Waals surface area contributed by atoms with E-state index in [2.05, 4.69) is 29.3 Å². The van der Waals surface area contributed by atoms with Gasteiger partial charge in [0.05, 0.1) is 5.56 Å². The molecule has 5 nitrogen and oxygen atoms in total. The fourth-order valence-electron chi connectivity index (χ4n) is 5.25. The molecule has 3 atom stereocenters. The van der Waals surface area contributed by atoms with Crippen molar-refractivity contribution in [2.75, 3.05) is 5.32 Å². The van der Waals surface area contributed by atoms with E-state index in [1.54, 1.807) is 6.20 Å². The van der Waals surface area contributed by atoms with Crippen LogP contribution in [0.5, 0.6) is 0 Å². The van der Waals surface area contributed by atoms with Gasteiger partial charge in [-0.05, 0) is 61.3 Å². The number of hydrogen-bond donors (Lipinski definition) is 1. The van der Waals surface area contributed by atoms with E-state index in [1.165, 1.54) is 24.8 Å². The van der Waals surface area contributed by atoms with Crippen LogP contribution < -0.4 is 5.32 Å². The van der Waals surface area contributed by atoms with Gasteiger partial charge >= 0.3 is 5.91 Å². The van der Waals surface area contributed by atoms with Crippen LogP contribution in [-0.2, 0) is 0 Å². The highest BCUT2D eigenvalue weighted by Gasteiger charge is 2.42. The van der Waals surface area contributed by atoms with E-state index in [-0.39, 0.29) is 0 Å². The van der Waals surface area contributed by atoms with Crippen molar-refractivity contribution in [1.82, 2.24) is 4.98 Å². The molecular weight excluding hydrogens is 302 g/mol. The summed E-state index contributed by atoms with van der Waals surface area (Å²) >= 11 is 0. The van der Waals surface area contributed by atoms with Crippen molar-refractivity contribution in [3.8, 4) is 0 Å². The molecule has 2 saturated carbocycles. The molecule has 5 heteroatoms. The molecule has 3 aliphatic carbocycles. The van der Waals surface area contributed by atoms with Crippen molar-refractivity contribution in [2.24, 2.45) is 10.6 Å². The number of aromatic nitrogens is 1. The Balaban J connectivity index is 1.68. The summed E-state index contributed by atoms with van der Waals surface area (Å²) in [5, 5.41) is 6.31. The third-order valence-corrected chi connectivity index (χ3v) is 6.27. The minimum atomic E-state index is -0.670. The van der Waals surface area contributed by atoms with Gasteiger partial charge in [-0.2, -0.15) is 0 Å². The van der Waals surface area contributed by atoms with Crippen molar-refractivity contribution in [2.45, 2.75) is 76.7 Å². The fraction of sp³-hybridized carbons (Fsp3) is 0.684. The number of fused-ring (bicyclic) bond motifs is 5. The van der Waals surface area contributed by atoms with E-state index >= 15 is 0 Å². The lowest BCUT2D eigenvalue weighted by Crippen LogP contribution is -2.32. The number of amides is 1. The summed E-state index contributed by atoms with van der Waals surface area (Å²) in [6.45, 7) is 4.66. The lowest BCUT2D eigenvalue weighted by molar-refractivity contribution is 0.0999. The van der Waals surface area contributed by atoms with E-state index in [1.807, 2.05) is 0 Å². The Labute approximate surface area is 142 Å². The zero-order valence-electron chi connectivity index (χ0n) is 14.5. The normalized spacial score (nSPS) is 30.0. The first-order valence-corrected chi connectivity index (χ1v) is 9.15. The second-order valence-corrected chi connectivity index (χ2v) is 8.55. The maximum absolute atomic E-state index is 11.9. The lowest BCUT2D eigenvalue weighted by Gasteiger charge is -2.36. The quantitative estimate of drug-likeness (QED) is 0.814. The molecule has 2 bridgehead atoms. The third-order valence-electron chi connectivity index (χ3n) is 6.27. The average molecular weight is 327 g/mol. The second kappa shape index (κ2) is 5.64. The van der Waals surface area contributed by atoms with Crippen LogP contribution in [0.15, 0.2) is 11.4 Å². The Morgan fingerprint density at radius 3 is 2.71 bits per heavy atom. The first-order valence-electron chi connectivity index (χ1n) is 9.15. The van der Waals surface area contributed by atoms with Gasteiger partial charge in [-0.3, -0.25) is 4.79 Å². The number of anilines is 1. The number of nitroso groups, excluding NO2 is 1. The highest BCUT2D eigenvalue weighted by Crippen LogP contribution is 2.56. The Morgan fingerprint density at radius 2 is 2.00 bits per heavy atom. The summed E-state index contributed by atoms with van der Waals surface area (Å²) in [6, 6.07) is 0.440. The molecule has 128 valence electrons. The number of pyridine rings is 1. The van der Waals surface area contributed by atoms with Gasteiger partial charge in [-0.25, -0.2) is 4.98 Å². The predicted molar refractivity (Wildman–Crippen MR) is 93.4 cm³/mol. The van der Waals surface area contributed by atoms with Crippen LogP contribution in [0.4, 0.5) is 5.82 Å². The smallest absolute Gasteiger partial charge is 0.318 e. The van der Waals surface area contributed by atoms with Gasteiger partial charge in [0.2, 0.25) is 0 Å². The Kier molecular flexibility index (Phi) is 3.70. The van der Waals surface area contributed by atoms with Gasteiger partial charge in [0, 0.05) is 23.0 Å². The maximum Gasteiger partial charge on any atom is 0.318 e.